The van der Waals surface area contributed by atoms with E-state index in [1.54, 1.807) is 30.3 Å². The SMILES string of the molecule is Cc1cc(C(=O)COC(=O)c2ccc3c(c2Cl)C(=O)c2ccccc2C3=O)c(C)n1C[C@H]1CCCO1. The minimum Gasteiger partial charge on any atom is -0.454 e. The van der Waals surface area contributed by atoms with Crippen LogP contribution in [0.15, 0.2) is 42.5 Å². The summed E-state index contributed by atoms with van der Waals surface area (Å²) in [4.78, 5) is 51.6. The van der Waals surface area contributed by atoms with Crippen LogP contribution in [0.4, 0.5) is 0 Å². The van der Waals surface area contributed by atoms with Gasteiger partial charge in [0, 0.05) is 46.8 Å². The first-order valence-electron chi connectivity index (χ1n) is 11.8. The van der Waals surface area contributed by atoms with Crippen LogP contribution in [0.3, 0.4) is 0 Å². The molecule has 0 unspecified atom stereocenters. The van der Waals surface area contributed by atoms with Gasteiger partial charge in [0.1, 0.15) is 0 Å². The summed E-state index contributed by atoms with van der Waals surface area (Å²) in [5.74, 6) is -1.96. The summed E-state index contributed by atoms with van der Waals surface area (Å²) in [6.45, 7) is 4.73. The fourth-order valence-corrected chi connectivity index (χ4v) is 5.27. The van der Waals surface area contributed by atoms with Crippen molar-refractivity contribution in [2.45, 2.75) is 39.3 Å². The second kappa shape index (κ2) is 9.48. The number of Topliss-reactive ketones (excluding diaryl/α,β-unsaturated/α-hetero) is 1. The summed E-state index contributed by atoms with van der Waals surface area (Å²) < 4.78 is 13.0. The summed E-state index contributed by atoms with van der Waals surface area (Å²) in [5.41, 5.74) is 2.76. The number of ketones is 3. The van der Waals surface area contributed by atoms with Crippen LogP contribution in [-0.4, -0.2) is 47.2 Å². The number of carbonyl (C=O) groups excluding carboxylic acids is 4. The Morgan fingerprint density at radius 3 is 2.44 bits per heavy atom. The summed E-state index contributed by atoms with van der Waals surface area (Å²) in [6, 6.07) is 11.0. The van der Waals surface area contributed by atoms with E-state index in [0.29, 0.717) is 17.7 Å². The van der Waals surface area contributed by atoms with E-state index in [2.05, 4.69) is 0 Å². The van der Waals surface area contributed by atoms with Gasteiger partial charge in [-0.1, -0.05) is 35.9 Å². The van der Waals surface area contributed by atoms with Crippen molar-refractivity contribution in [3.8, 4) is 0 Å². The molecule has 3 aromatic rings. The van der Waals surface area contributed by atoms with Crippen LogP contribution in [0, 0.1) is 13.8 Å². The molecule has 0 radical (unpaired) electrons. The van der Waals surface area contributed by atoms with Crippen LogP contribution in [-0.2, 0) is 16.0 Å². The van der Waals surface area contributed by atoms with Crippen LogP contribution in [0.5, 0.6) is 0 Å². The molecule has 8 heteroatoms. The molecule has 2 aliphatic rings. The first kappa shape index (κ1) is 24.2. The lowest BCUT2D eigenvalue weighted by atomic mass is 9.83. The molecule has 0 N–H and O–H groups in total. The molecule has 2 heterocycles. The Balaban J connectivity index is 1.33. The van der Waals surface area contributed by atoms with Crippen molar-refractivity contribution < 1.29 is 28.7 Å². The number of hydrogen-bond acceptors (Lipinski definition) is 6. The fourth-order valence-electron chi connectivity index (χ4n) is 4.95. The minimum atomic E-state index is -0.844. The van der Waals surface area contributed by atoms with Gasteiger partial charge in [-0.25, -0.2) is 4.79 Å². The number of aryl methyl sites for hydroxylation is 1. The molecule has 1 atom stereocenters. The normalized spacial score (nSPS) is 16.6. The van der Waals surface area contributed by atoms with Gasteiger partial charge in [0.2, 0.25) is 5.78 Å². The molecule has 36 heavy (non-hydrogen) atoms. The van der Waals surface area contributed by atoms with Gasteiger partial charge in [-0.2, -0.15) is 0 Å². The average molecular weight is 506 g/mol. The highest BCUT2D eigenvalue weighted by Crippen LogP contribution is 2.34. The smallest absolute Gasteiger partial charge is 0.340 e. The first-order valence-corrected chi connectivity index (χ1v) is 12.1. The summed E-state index contributed by atoms with van der Waals surface area (Å²) in [5, 5.41) is -0.160. The third-order valence-corrected chi connectivity index (χ3v) is 7.26. The van der Waals surface area contributed by atoms with E-state index in [0.717, 1.165) is 30.8 Å². The molecule has 0 bridgehead atoms. The van der Waals surface area contributed by atoms with Gasteiger partial charge in [-0.15, -0.1) is 0 Å². The quantitative estimate of drug-likeness (QED) is 0.277. The van der Waals surface area contributed by atoms with E-state index in [1.165, 1.54) is 12.1 Å². The minimum absolute atomic E-state index is 0.0289. The molecular formula is C28H24ClNO6. The molecule has 7 nitrogen and oxygen atoms in total. The lowest BCUT2D eigenvalue weighted by Crippen LogP contribution is -2.23. The number of hydrogen-bond donors (Lipinski definition) is 0. The van der Waals surface area contributed by atoms with Crippen molar-refractivity contribution in [1.82, 2.24) is 4.57 Å². The van der Waals surface area contributed by atoms with Crippen LogP contribution >= 0.6 is 11.6 Å². The summed E-state index contributed by atoms with van der Waals surface area (Å²) in [7, 11) is 0. The monoisotopic (exact) mass is 505 g/mol. The predicted molar refractivity (Wildman–Crippen MR) is 132 cm³/mol. The molecule has 1 saturated heterocycles. The lowest BCUT2D eigenvalue weighted by Gasteiger charge is -2.19. The zero-order valence-electron chi connectivity index (χ0n) is 19.9. The van der Waals surface area contributed by atoms with Crippen LogP contribution < -0.4 is 0 Å². The van der Waals surface area contributed by atoms with Crippen molar-refractivity contribution in [1.29, 1.82) is 0 Å². The zero-order chi connectivity index (χ0) is 25.6. The molecule has 0 spiro atoms. The summed E-state index contributed by atoms with van der Waals surface area (Å²) in [6.07, 6.45) is 2.14. The Morgan fingerprint density at radius 1 is 1.03 bits per heavy atom. The number of ether oxygens (including phenoxy) is 2. The van der Waals surface area contributed by atoms with Crippen LogP contribution in [0.25, 0.3) is 0 Å². The first-order chi connectivity index (χ1) is 17.3. The number of halogens is 1. The van der Waals surface area contributed by atoms with E-state index >= 15 is 0 Å². The molecule has 1 aliphatic carbocycles. The van der Waals surface area contributed by atoms with Gasteiger partial charge >= 0.3 is 5.97 Å². The average Bonchev–Trinajstić information content (AvgIpc) is 3.49. The topological polar surface area (TPSA) is 91.7 Å². The Hall–Kier alpha value is -3.55. The van der Waals surface area contributed by atoms with E-state index in [1.807, 2.05) is 18.4 Å². The van der Waals surface area contributed by atoms with Gasteiger partial charge in [-0.3, -0.25) is 14.4 Å². The molecule has 1 aromatic heterocycles. The third-order valence-electron chi connectivity index (χ3n) is 6.87. The number of fused-ring (bicyclic) bond motifs is 2. The number of carbonyl (C=O) groups is 4. The molecule has 0 amide bonds. The number of aromatic nitrogens is 1. The number of nitrogens with zero attached hydrogens (tertiary/aromatic N) is 1. The molecule has 2 aromatic carbocycles. The maximum absolute atomic E-state index is 13.0. The molecule has 1 aliphatic heterocycles. The highest BCUT2D eigenvalue weighted by molar-refractivity contribution is 6.41. The Labute approximate surface area is 213 Å². The van der Waals surface area contributed by atoms with E-state index < -0.39 is 18.4 Å². The van der Waals surface area contributed by atoms with Crippen molar-refractivity contribution >= 4 is 34.9 Å². The lowest BCUT2D eigenvalue weighted by molar-refractivity contribution is 0.0474. The van der Waals surface area contributed by atoms with Crippen molar-refractivity contribution in [3.63, 3.8) is 0 Å². The van der Waals surface area contributed by atoms with Crippen molar-refractivity contribution in [2.24, 2.45) is 0 Å². The highest BCUT2D eigenvalue weighted by atomic mass is 35.5. The Kier molecular flexibility index (Phi) is 6.36. The molecule has 1 fully saturated rings. The third kappa shape index (κ3) is 4.08. The van der Waals surface area contributed by atoms with Crippen LogP contribution in [0.1, 0.15) is 76.8 Å². The van der Waals surface area contributed by atoms with Gasteiger partial charge in [0.25, 0.3) is 0 Å². The highest BCUT2D eigenvalue weighted by Gasteiger charge is 2.33. The van der Waals surface area contributed by atoms with Gasteiger partial charge in [0.15, 0.2) is 18.2 Å². The van der Waals surface area contributed by atoms with E-state index in [9.17, 15) is 19.2 Å². The maximum atomic E-state index is 13.0. The maximum Gasteiger partial charge on any atom is 0.340 e. The summed E-state index contributed by atoms with van der Waals surface area (Å²) >= 11 is 6.44. The number of esters is 1. The van der Waals surface area contributed by atoms with E-state index in [4.69, 9.17) is 21.1 Å². The van der Waals surface area contributed by atoms with Crippen molar-refractivity contribution in [3.05, 3.63) is 92.3 Å². The largest absolute Gasteiger partial charge is 0.454 e. The Morgan fingerprint density at radius 2 is 1.75 bits per heavy atom. The zero-order valence-corrected chi connectivity index (χ0v) is 20.7. The fraction of sp³-hybridized carbons (Fsp3) is 0.286. The molecule has 184 valence electrons. The molecule has 0 saturated carbocycles. The Bertz CT molecular complexity index is 1430. The van der Waals surface area contributed by atoms with E-state index in [-0.39, 0.29) is 44.9 Å². The molecule has 5 rings (SSSR count). The number of benzene rings is 2. The predicted octanol–water partition coefficient (Wildman–Crippen LogP) is 4.75. The standard InChI is InChI=1S/C28H24ClNO6/c1-15-12-22(16(2)30(15)13-17-6-5-11-35-17)23(31)14-36-28(34)21-10-9-20-24(25(21)29)27(33)19-8-4-3-7-18(19)26(20)32/h3-4,7-10,12,17H,5-6,11,13-14H2,1-2H3/t17-/m1/s1. The van der Waals surface area contributed by atoms with Gasteiger partial charge < -0.3 is 14.0 Å². The second-order valence-electron chi connectivity index (χ2n) is 9.08. The second-order valence-corrected chi connectivity index (χ2v) is 9.46. The number of rotatable bonds is 6. The molecular weight excluding hydrogens is 482 g/mol. The van der Waals surface area contributed by atoms with Crippen LogP contribution in [0.2, 0.25) is 5.02 Å². The van der Waals surface area contributed by atoms with Crippen molar-refractivity contribution in [2.75, 3.05) is 13.2 Å². The van der Waals surface area contributed by atoms with Gasteiger partial charge in [-0.05, 0) is 44.9 Å². The van der Waals surface area contributed by atoms with Gasteiger partial charge in [0.05, 0.1) is 22.3 Å².